The molecule has 0 aliphatic rings. The Labute approximate surface area is 119 Å². The Balaban J connectivity index is 2.72. The van der Waals surface area contributed by atoms with E-state index in [0.717, 1.165) is 0 Å². The zero-order valence-electron chi connectivity index (χ0n) is 12.3. The second-order valence-electron chi connectivity index (χ2n) is 5.57. The second-order valence-corrected chi connectivity index (χ2v) is 5.57. The highest BCUT2D eigenvalue weighted by Gasteiger charge is 2.32. The molecule has 1 rings (SSSR count). The minimum absolute atomic E-state index is 0.116. The van der Waals surface area contributed by atoms with E-state index in [1.54, 1.807) is 13.8 Å². The van der Waals surface area contributed by atoms with Crippen LogP contribution in [0.2, 0.25) is 0 Å². The lowest BCUT2D eigenvalue weighted by atomic mass is 10.0. The van der Waals surface area contributed by atoms with Gasteiger partial charge in [-0.3, -0.25) is 4.79 Å². The highest BCUT2D eigenvalue weighted by Crippen LogP contribution is 2.19. The summed E-state index contributed by atoms with van der Waals surface area (Å²) in [4.78, 5) is 12.2. The van der Waals surface area contributed by atoms with E-state index in [2.05, 4.69) is 5.32 Å². The van der Waals surface area contributed by atoms with Crippen molar-refractivity contribution in [3.05, 3.63) is 30.1 Å². The molecule has 1 unspecified atom stereocenters. The first-order valence-corrected chi connectivity index (χ1v) is 6.62. The smallest absolute Gasteiger partial charge is 0.263 e. The molecular formula is C15H22FNO3. The highest BCUT2D eigenvalue weighted by atomic mass is 19.1. The summed E-state index contributed by atoms with van der Waals surface area (Å²) in [6.07, 6.45) is 0. The number of hydrogen-bond donors (Lipinski definition) is 2. The van der Waals surface area contributed by atoms with Crippen LogP contribution >= 0.6 is 0 Å². The van der Waals surface area contributed by atoms with Gasteiger partial charge in [-0.05, 0) is 44.0 Å². The fourth-order valence-electron chi connectivity index (χ4n) is 1.61. The van der Waals surface area contributed by atoms with Gasteiger partial charge in [0.05, 0.1) is 12.6 Å². The molecule has 0 aliphatic heterocycles. The molecule has 20 heavy (non-hydrogen) atoms. The third-order valence-electron chi connectivity index (χ3n) is 3.05. The van der Waals surface area contributed by atoms with Crippen molar-refractivity contribution < 1.29 is 19.0 Å². The molecular weight excluding hydrogens is 261 g/mol. The quantitative estimate of drug-likeness (QED) is 0.840. The second kappa shape index (κ2) is 6.70. The van der Waals surface area contributed by atoms with Crippen molar-refractivity contribution in [3.8, 4) is 5.75 Å². The molecule has 0 aliphatic carbocycles. The Bertz CT molecular complexity index is 443. The summed E-state index contributed by atoms with van der Waals surface area (Å²) < 4.78 is 18.4. The van der Waals surface area contributed by atoms with E-state index in [1.807, 2.05) is 13.8 Å². The molecule has 1 amide bonds. The average molecular weight is 283 g/mol. The van der Waals surface area contributed by atoms with Crippen LogP contribution in [0.1, 0.15) is 27.7 Å². The summed E-state index contributed by atoms with van der Waals surface area (Å²) in [7, 11) is 0. The summed E-state index contributed by atoms with van der Waals surface area (Å²) in [5.74, 6) is -0.156. The average Bonchev–Trinajstić information content (AvgIpc) is 2.37. The van der Waals surface area contributed by atoms with Crippen LogP contribution in [0, 0.1) is 11.7 Å². The topological polar surface area (TPSA) is 58.6 Å². The Morgan fingerprint density at radius 3 is 2.35 bits per heavy atom. The van der Waals surface area contributed by atoms with Crippen molar-refractivity contribution in [2.75, 3.05) is 6.61 Å². The zero-order chi connectivity index (χ0) is 15.3. The van der Waals surface area contributed by atoms with Crippen LogP contribution in [0.3, 0.4) is 0 Å². The van der Waals surface area contributed by atoms with Crippen LogP contribution in [0.25, 0.3) is 0 Å². The Morgan fingerprint density at radius 1 is 1.35 bits per heavy atom. The van der Waals surface area contributed by atoms with Crippen molar-refractivity contribution in [1.82, 2.24) is 5.32 Å². The van der Waals surface area contributed by atoms with E-state index in [4.69, 9.17) is 4.74 Å². The van der Waals surface area contributed by atoms with Gasteiger partial charge in [0.1, 0.15) is 11.6 Å². The number of rotatable bonds is 6. The minimum Gasteiger partial charge on any atom is -0.478 e. The maximum absolute atomic E-state index is 12.8. The van der Waals surface area contributed by atoms with Crippen molar-refractivity contribution in [3.63, 3.8) is 0 Å². The molecule has 1 atom stereocenters. The molecule has 5 heteroatoms. The minimum atomic E-state index is -1.11. The number of carbonyl (C=O) groups is 1. The molecule has 0 saturated heterocycles. The van der Waals surface area contributed by atoms with E-state index in [-0.39, 0.29) is 30.3 Å². The standard InChI is InChI=1S/C15H22FNO3/c1-10(2)13(9-18)17-14(19)15(3,4)20-12-7-5-11(16)6-8-12/h5-8,10,13,18H,9H2,1-4H3,(H,17,19). The third-order valence-corrected chi connectivity index (χ3v) is 3.05. The van der Waals surface area contributed by atoms with Crippen LogP contribution in [0.4, 0.5) is 4.39 Å². The van der Waals surface area contributed by atoms with Crippen LogP contribution in [-0.2, 0) is 4.79 Å². The van der Waals surface area contributed by atoms with E-state index in [1.165, 1.54) is 24.3 Å². The van der Waals surface area contributed by atoms with E-state index in [0.29, 0.717) is 5.75 Å². The van der Waals surface area contributed by atoms with Crippen molar-refractivity contribution in [2.24, 2.45) is 5.92 Å². The van der Waals surface area contributed by atoms with Crippen LogP contribution in [0.15, 0.2) is 24.3 Å². The van der Waals surface area contributed by atoms with Gasteiger partial charge in [-0.25, -0.2) is 4.39 Å². The highest BCUT2D eigenvalue weighted by molar-refractivity contribution is 5.85. The van der Waals surface area contributed by atoms with Gasteiger partial charge in [-0.1, -0.05) is 13.8 Å². The summed E-state index contributed by atoms with van der Waals surface area (Å²) in [5, 5.41) is 12.0. The van der Waals surface area contributed by atoms with Crippen LogP contribution in [-0.4, -0.2) is 29.3 Å². The number of benzene rings is 1. The van der Waals surface area contributed by atoms with Gasteiger partial charge in [0.25, 0.3) is 5.91 Å². The molecule has 0 aromatic heterocycles. The van der Waals surface area contributed by atoms with E-state index < -0.39 is 5.60 Å². The predicted molar refractivity (Wildman–Crippen MR) is 75.0 cm³/mol. The van der Waals surface area contributed by atoms with Gasteiger partial charge in [-0.15, -0.1) is 0 Å². The van der Waals surface area contributed by atoms with Gasteiger partial charge in [0, 0.05) is 0 Å². The third kappa shape index (κ3) is 4.49. The number of nitrogens with one attached hydrogen (secondary N) is 1. The molecule has 4 nitrogen and oxygen atoms in total. The van der Waals surface area contributed by atoms with Gasteiger partial charge in [0.2, 0.25) is 0 Å². The summed E-state index contributed by atoms with van der Waals surface area (Å²) >= 11 is 0. The largest absolute Gasteiger partial charge is 0.478 e. The number of aliphatic hydroxyl groups excluding tert-OH is 1. The first kappa shape index (κ1) is 16.4. The molecule has 0 saturated carbocycles. The Hall–Kier alpha value is -1.62. The molecule has 112 valence electrons. The number of ether oxygens (including phenoxy) is 1. The number of aliphatic hydroxyl groups is 1. The summed E-state index contributed by atoms with van der Waals surface area (Å²) in [5.41, 5.74) is -1.11. The lowest BCUT2D eigenvalue weighted by molar-refractivity contribution is -0.135. The lowest BCUT2D eigenvalue weighted by Crippen LogP contribution is -2.52. The molecule has 0 radical (unpaired) electrons. The van der Waals surface area contributed by atoms with Crippen LogP contribution < -0.4 is 10.1 Å². The maximum Gasteiger partial charge on any atom is 0.263 e. The van der Waals surface area contributed by atoms with Gasteiger partial charge < -0.3 is 15.2 Å². The number of amides is 1. The fourth-order valence-corrected chi connectivity index (χ4v) is 1.61. The first-order chi connectivity index (χ1) is 9.26. The normalized spacial score (nSPS) is 13.2. The van der Waals surface area contributed by atoms with E-state index >= 15 is 0 Å². The molecule has 0 fully saturated rings. The van der Waals surface area contributed by atoms with Crippen molar-refractivity contribution >= 4 is 5.91 Å². The SMILES string of the molecule is CC(C)C(CO)NC(=O)C(C)(C)Oc1ccc(F)cc1. The molecule has 0 heterocycles. The number of carbonyl (C=O) groups excluding carboxylic acids is 1. The molecule has 1 aromatic rings. The predicted octanol–water partition coefficient (Wildman–Crippen LogP) is 2.12. The van der Waals surface area contributed by atoms with Gasteiger partial charge in [-0.2, -0.15) is 0 Å². The Morgan fingerprint density at radius 2 is 1.90 bits per heavy atom. The van der Waals surface area contributed by atoms with Crippen LogP contribution in [0.5, 0.6) is 5.75 Å². The zero-order valence-corrected chi connectivity index (χ0v) is 12.3. The maximum atomic E-state index is 12.8. The molecule has 1 aromatic carbocycles. The van der Waals surface area contributed by atoms with Gasteiger partial charge >= 0.3 is 0 Å². The van der Waals surface area contributed by atoms with Crippen molar-refractivity contribution in [2.45, 2.75) is 39.3 Å². The molecule has 0 bridgehead atoms. The lowest BCUT2D eigenvalue weighted by Gasteiger charge is -2.29. The molecule has 2 N–H and O–H groups in total. The van der Waals surface area contributed by atoms with Gasteiger partial charge in [0.15, 0.2) is 5.60 Å². The Kier molecular flexibility index (Phi) is 5.51. The number of hydrogen-bond acceptors (Lipinski definition) is 3. The number of halogens is 1. The molecule has 0 spiro atoms. The summed E-state index contributed by atoms with van der Waals surface area (Å²) in [6.45, 7) is 6.95. The summed E-state index contributed by atoms with van der Waals surface area (Å²) in [6, 6.07) is 5.16. The van der Waals surface area contributed by atoms with Crippen molar-refractivity contribution in [1.29, 1.82) is 0 Å². The monoisotopic (exact) mass is 283 g/mol. The fraction of sp³-hybridized carbons (Fsp3) is 0.533. The first-order valence-electron chi connectivity index (χ1n) is 6.62. The van der Waals surface area contributed by atoms with E-state index in [9.17, 15) is 14.3 Å².